The number of carbonyl (C=O) groups excluding carboxylic acids is 1. The number of rotatable bonds is 6. The second-order valence-corrected chi connectivity index (χ2v) is 11.1. The third kappa shape index (κ3) is 5.81. The molecule has 0 saturated carbocycles. The van der Waals surface area contributed by atoms with Crippen LogP contribution in [0.3, 0.4) is 0 Å². The molecular formula is C27H38N6OS. The van der Waals surface area contributed by atoms with Crippen LogP contribution < -0.4 is 10.2 Å². The van der Waals surface area contributed by atoms with E-state index in [9.17, 15) is 4.79 Å². The van der Waals surface area contributed by atoms with Gasteiger partial charge >= 0.3 is 0 Å². The third-order valence-corrected chi connectivity index (χ3v) is 9.19. The summed E-state index contributed by atoms with van der Waals surface area (Å²) in [5.74, 6) is 1.62. The molecule has 1 amide bonds. The van der Waals surface area contributed by atoms with Crippen LogP contribution in [0.5, 0.6) is 0 Å². The number of hydrogen-bond acceptors (Lipinski definition) is 7. The van der Waals surface area contributed by atoms with Gasteiger partial charge in [0.05, 0.1) is 0 Å². The second kappa shape index (κ2) is 11.7. The number of piperazine rings is 2. The summed E-state index contributed by atoms with van der Waals surface area (Å²) in [6.45, 7) is 9.41. The Bertz CT molecular complexity index is 948. The van der Waals surface area contributed by atoms with E-state index in [1.807, 2.05) is 11.8 Å². The van der Waals surface area contributed by atoms with Gasteiger partial charge in [0.1, 0.15) is 17.2 Å². The van der Waals surface area contributed by atoms with Crippen LogP contribution in [-0.4, -0.2) is 89.3 Å². The van der Waals surface area contributed by atoms with Gasteiger partial charge in [0.25, 0.3) is 0 Å². The van der Waals surface area contributed by atoms with Gasteiger partial charge in [0, 0.05) is 81.6 Å². The zero-order valence-corrected chi connectivity index (χ0v) is 21.6. The van der Waals surface area contributed by atoms with Crippen LogP contribution in [0.2, 0.25) is 0 Å². The Hall–Kier alpha value is -2.16. The molecule has 2 saturated heterocycles. The number of anilines is 1. The first-order chi connectivity index (χ1) is 17.2. The molecule has 2 atom stereocenters. The Labute approximate surface area is 213 Å². The summed E-state index contributed by atoms with van der Waals surface area (Å²) in [4.78, 5) is 29.7. The predicted molar refractivity (Wildman–Crippen MR) is 143 cm³/mol. The molecule has 0 bridgehead atoms. The Morgan fingerprint density at radius 1 is 1.06 bits per heavy atom. The van der Waals surface area contributed by atoms with Gasteiger partial charge in [-0.3, -0.25) is 9.69 Å². The van der Waals surface area contributed by atoms with Gasteiger partial charge in [-0.2, -0.15) is 0 Å². The van der Waals surface area contributed by atoms with Crippen LogP contribution in [-0.2, 0) is 11.2 Å². The van der Waals surface area contributed by atoms with Crippen LogP contribution in [0, 0.1) is 5.92 Å². The Morgan fingerprint density at radius 2 is 1.80 bits per heavy atom. The number of allylic oxidation sites excluding steroid dienone is 4. The number of fused-ring (bicyclic) bond motifs is 1. The molecule has 1 aromatic rings. The van der Waals surface area contributed by atoms with Crippen molar-refractivity contribution in [3.8, 4) is 0 Å². The van der Waals surface area contributed by atoms with Gasteiger partial charge in [0.2, 0.25) is 5.91 Å². The summed E-state index contributed by atoms with van der Waals surface area (Å²) >= 11 is 1.91. The highest BCUT2D eigenvalue weighted by Gasteiger charge is 2.32. The standard InChI is InChI=1S/C27H38N6OS/c1-2-22-9-10-23-26(29-20-30-27(23)35-22)33-17-15-32(16-18-33)25(34)19-24(31-13-11-28-12-14-31)21-7-5-3-4-6-8-21/h3-8,20-22,24,28H,2,9-19H2,1H3. The van der Waals surface area contributed by atoms with Crippen molar-refractivity contribution < 1.29 is 4.79 Å². The van der Waals surface area contributed by atoms with Gasteiger partial charge in [-0.15, -0.1) is 11.8 Å². The summed E-state index contributed by atoms with van der Waals surface area (Å²) in [6.07, 6.45) is 18.6. The summed E-state index contributed by atoms with van der Waals surface area (Å²) < 4.78 is 0. The van der Waals surface area contributed by atoms with E-state index in [0.29, 0.717) is 11.7 Å². The number of carbonyl (C=O) groups is 1. The maximum absolute atomic E-state index is 13.5. The Balaban J connectivity index is 1.22. The molecule has 0 radical (unpaired) electrons. The molecule has 1 aromatic heterocycles. The minimum Gasteiger partial charge on any atom is -0.353 e. The van der Waals surface area contributed by atoms with Gasteiger partial charge in [0.15, 0.2) is 0 Å². The molecule has 2 unspecified atom stereocenters. The molecule has 5 rings (SSSR count). The van der Waals surface area contributed by atoms with E-state index in [-0.39, 0.29) is 17.9 Å². The summed E-state index contributed by atoms with van der Waals surface area (Å²) in [7, 11) is 0. The topological polar surface area (TPSA) is 64.6 Å². The number of nitrogens with zero attached hydrogens (tertiary/aromatic N) is 5. The fraction of sp³-hybridized carbons (Fsp3) is 0.593. The number of thioether (sulfide) groups is 1. The molecule has 1 aliphatic carbocycles. The Kier molecular flexibility index (Phi) is 8.21. The van der Waals surface area contributed by atoms with Crippen molar-refractivity contribution >= 4 is 23.5 Å². The molecule has 3 aliphatic heterocycles. The maximum atomic E-state index is 13.5. The molecule has 188 valence electrons. The molecular weight excluding hydrogens is 456 g/mol. The van der Waals surface area contributed by atoms with E-state index in [1.165, 1.54) is 18.4 Å². The monoisotopic (exact) mass is 494 g/mol. The average molecular weight is 495 g/mol. The minimum atomic E-state index is 0.201. The lowest BCUT2D eigenvalue weighted by Crippen LogP contribution is -2.54. The van der Waals surface area contributed by atoms with E-state index in [2.05, 4.69) is 73.4 Å². The molecule has 1 N–H and O–H groups in total. The molecule has 8 heteroatoms. The highest BCUT2D eigenvalue weighted by Crippen LogP contribution is 2.38. The fourth-order valence-corrected chi connectivity index (χ4v) is 6.78. The molecule has 4 heterocycles. The quantitative estimate of drug-likeness (QED) is 0.610. The van der Waals surface area contributed by atoms with Crippen LogP contribution in [0.15, 0.2) is 47.8 Å². The first-order valence-corrected chi connectivity index (χ1v) is 14.1. The van der Waals surface area contributed by atoms with Gasteiger partial charge in [-0.1, -0.05) is 43.4 Å². The van der Waals surface area contributed by atoms with Crippen molar-refractivity contribution in [1.29, 1.82) is 0 Å². The normalized spacial score (nSPS) is 24.3. The van der Waals surface area contributed by atoms with Crippen molar-refractivity contribution in [2.45, 2.75) is 48.9 Å². The molecule has 0 spiro atoms. The van der Waals surface area contributed by atoms with Crippen molar-refractivity contribution in [3.05, 3.63) is 48.3 Å². The SMILES string of the molecule is CCC1CCc2c(ncnc2N2CCN(C(=O)CC(C3C=CC=CC=C3)N3CCNCC3)CC2)S1. The van der Waals surface area contributed by atoms with E-state index < -0.39 is 0 Å². The molecule has 2 fully saturated rings. The minimum absolute atomic E-state index is 0.201. The number of nitrogens with one attached hydrogen (secondary N) is 1. The van der Waals surface area contributed by atoms with Crippen molar-refractivity contribution in [2.24, 2.45) is 5.92 Å². The number of hydrogen-bond donors (Lipinski definition) is 1. The third-order valence-electron chi connectivity index (χ3n) is 7.71. The number of aromatic nitrogens is 2. The van der Waals surface area contributed by atoms with E-state index in [1.54, 1.807) is 6.33 Å². The second-order valence-electron chi connectivity index (χ2n) is 9.83. The van der Waals surface area contributed by atoms with Crippen molar-refractivity contribution in [1.82, 2.24) is 25.1 Å². The van der Waals surface area contributed by atoms with Crippen LogP contribution >= 0.6 is 11.8 Å². The van der Waals surface area contributed by atoms with Crippen molar-refractivity contribution in [2.75, 3.05) is 57.3 Å². The lowest BCUT2D eigenvalue weighted by atomic mass is 9.93. The molecule has 7 nitrogen and oxygen atoms in total. The van der Waals surface area contributed by atoms with Crippen LogP contribution in [0.25, 0.3) is 0 Å². The van der Waals surface area contributed by atoms with E-state index in [4.69, 9.17) is 0 Å². The fourth-order valence-electron chi connectivity index (χ4n) is 5.62. The molecule has 4 aliphatic rings. The lowest BCUT2D eigenvalue weighted by Gasteiger charge is -2.40. The lowest BCUT2D eigenvalue weighted by molar-refractivity contribution is -0.133. The van der Waals surface area contributed by atoms with Gasteiger partial charge in [-0.25, -0.2) is 9.97 Å². The molecule has 0 aromatic carbocycles. The zero-order valence-electron chi connectivity index (χ0n) is 20.8. The van der Waals surface area contributed by atoms with Crippen LogP contribution in [0.1, 0.15) is 31.7 Å². The first kappa shape index (κ1) is 24.5. The van der Waals surface area contributed by atoms with E-state index in [0.717, 1.165) is 69.6 Å². The predicted octanol–water partition coefficient (Wildman–Crippen LogP) is 2.90. The van der Waals surface area contributed by atoms with Crippen LogP contribution in [0.4, 0.5) is 5.82 Å². The first-order valence-electron chi connectivity index (χ1n) is 13.2. The summed E-state index contributed by atoms with van der Waals surface area (Å²) in [5, 5.41) is 5.27. The van der Waals surface area contributed by atoms with Crippen molar-refractivity contribution in [3.63, 3.8) is 0 Å². The zero-order chi connectivity index (χ0) is 24.0. The van der Waals surface area contributed by atoms with E-state index >= 15 is 0 Å². The highest BCUT2D eigenvalue weighted by molar-refractivity contribution is 8.00. The largest absolute Gasteiger partial charge is 0.353 e. The van der Waals surface area contributed by atoms with Gasteiger partial charge in [-0.05, 0) is 19.3 Å². The smallest absolute Gasteiger partial charge is 0.224 e. The maximum Gasteiger partial charge on any atom is 0.224 e. The van der Waals surface area contributed by atoms with Gasteiger partial charge < -0.3 is 15.1 Å². The molecule has 35 heavy (non-hydrogen) atoms. The average Bonchev–Trinajstić information content (AvgIpc) is 3.21. The summed E-state index contributed by atoms with van der Waals surface area (Å²) in [5.41, 5.74) is 1.31. The Morgan fingerprint density at radius 3 is 2.51 bits per heavy atom. The summed E-state index contributed by atoms with van der Waals surface area (Å²) in [6, 6.07) is 0.201. The highest BCUT2D eigenvalue weighted by atomic mass is 32.2. The number of amides is 1.